The predicted molar refractivity (Wildman–Crippen MR) is 91.7 cm³/mol. The zero-order valence-electron chi connectivity index (χ0n) is 12.4. The zero-order chi connectivity index (χ0) is 16.4. The molecule has 0 aliphatic heterocycles. The maximum Gasteiger partial charge on any atom is 0.278 e. The third kappa shape index (κ3) is 3.37. The fraction of sp³-hybridized carbons (Fsp3) is 0.188. The van der Waals surface area contributed by atoms with E-state index in [1.807, 2.05) is 36.2 Å². The van der Waals surface area contributed by atoms with Crippen LogP contribution in [0, 0.1) is 0 Å². The summed E-state index contributed by atoms with van der Waals surface area (Å²) >= 11 is 12.2. The Balaban J connectivity index is 1.83. The number of rotatable bonds is 4. The molecule has 3 aromatic rings. The molecule has 0 aliphatic carbocycles. The van der Waals surface area contributed by atoms with E-state index in [1.54, 1.807) is 18.2 Å². The molecule has 118 valence electrons. The van der Waals surface area contributed by atoms with Crippen molar-refractivity contribution in [1.82, 2.24) is 19.9 Å². The lowest BCUT2D eigenvalue weighted by Crippen LogP contribution is -2.32. The van der Waals surface area contributed by atoms with Gasteiger partial charge in [-0.05, 0) is 30.8 Å². The summed E-state index contributed by atoms with van der Waals surface area (Å²) < 4.78 is 1.33. The highest BCUT2D eigenvalue weighted by Crippen LogP contribution is 2.26. The molecule has 0 atom stereocenters. The number of benzene rings is 2. The van der Waals surface area contributed by atoms with Gasteiger partial charge >= 0.3 is 0 Å². The van der Waals surface area contributed by atoms with Crippen molar-refractivity contribution in [2.75, 3.05) is 7.05 Å². The second-order valence-electron chi connectivity index (χ2n) is 5.28. The van der Waals surface area contributed by atoms with Gasteiger partial charge in [0.15, 0.2) is 0 Å². The molecule has 0 saturated carbocycles. The van der Waals surface area contributed by atoms with Crippen LogP contribution < -0.4 is 5.56 Å². The monoisotopic (exact) mass is 348 g/mol. The molecule has 0 saturated heterocycles. The quantitative estimate of drug-likeness (QED) is 0.726. The van der Waals surface area contributed by atoms with Gasteiger partial charge in [0.25, 0.3) is 5.56 Å². The lowest BCUT2D eigenvalue weighted by Gasteiger charge is -2.18. The first kappa shape index (κ1) is 15.9. The zero-order valence-corrected chi connectivity index (χ0v) is 13.9. The molecule has 5 nitrogen and oxygen atoms in total. The van der Waals surface area contributed by atoms with E-state index in [4.69, 9.17) is 23.2 Å². The van der Waals surface area contributed by atoms with Gasteiger partial charge in [-0.15, -0.1) is 5.10 Å². The van der Waals surface area contributed by atoms with Crippen molar-refractivity contribution in [2.45, 2.75) is 13.2 Å². The molecule has 0 aliphatic rings. The number of hydrogen-bond donors (Lipinski definition) is 0. The molecule has 0 bridgehead atoms. The van der Waals surface area contributed by atoms with Crippen LogP contribution in [-0.2, 0) is 13.2 Å². The molecule has 0 fully saturated rings. The Morgan fingerprint density at radius 3 is 2.74 bits per heavy atom. The van der Waals surface area contributed by atoms with Gasteiger partial charge in [0.1, 0.15) is 5.52 Å². The van der Waals surface area contributed by atoms with Crippen LogP contribution in [0.15, 0.2) is 47.3 Å². The average molecular weight is 349 g/mol. The van der Waals surface area contributed by atoms with Crippen molar-refractivity contribution < 1.29 is 0 Å². The summed E-state index contributed by atoms with van der Waals surface area (Å²) in [4.78, 5) is 14.3. The average Bonchev–Trinajstić information content (AvgIpc) is 2.55. The van der Waals surface area contributed by atoms with Crippen molar-refractivity contribution >= 4 is 34.1 Å². The molecule has 1 heterocycles. The molecular formula is C16H14Cl2N4O. The predicted octanol–water partition coefficient (Wildman–Crippen LogP) is 3.19. The van der Waals surface area contributed by atoms with Gasteiger partial charge in [-0.3, -0.25) is 9.69 Å². The maximum absolute atomic E-state index is 12.4. The molecule has 0 radical (unpaired) electrons. The standard InChI is InChI=1S/C16H14Cl2N4O/c1-21(9-11-5-4-7-13(17)15(11)18)10-22-16(23)12-6-2-3-8-14(12)19-20-22/h2-8H,9-10H2,1H3. The van der Waals surface area contributed by atoms with E-state index in [9.17, 15) is 4.79 Å². The Hall–Kier alpha value is -1.95. The number of nitrogens with zero attached hydrogens (tertiary/aromatic N) is 4. The van der Waals surface area contributed by atoms with E-state index in [1.165, 1.54) is 4.68 Å². The van der Waals surface area contributed by atoms with Gasteiger partial charge in [0.05, 0.1) is 22.1 Å². The summed E-state index contributed by atoms with van der Waals surface area (Å²) in [6.45, 7) is 0.847. The fourth-order valence-corrected chi connectivity index (χ4v) is 2.74. The van der Waals surface area contributed by atoms with Gasteiger partial charge in [-0.1, -0.05) is 52.7 Å². The molecule has 0 N–H and O–H groups in total. The van der Waals surface area contributed by atoms with Crippen LogP contribution in [0.5, 0.6) is 0 Å². The van der Waals surface area contributed by atoms with E-state index in [2.05, 4.69) is 10.3 Å². The fourth-order valence-electron chi connectivity index (χ4n) is 2.36. The van der Waals surface area contributed by atoms with Crippen LogP contribution in [0.25, 0.3) is 10.9 Å². The smallest absolute Gasteiger partial charge is 0.278 e. The highest BCUT2D eigenvalue weighted by Gasteiger charge is 2.10. The van der Waals surface area contributed by atoms with Gasteiger partial charge in [0, 0.05) is 6.54 Å². The highest BCUT2D eigenvalue weighted by molar-refractivity contribution is 6.42. The number of halogens is 2. The number of fused-ring (bicyclic) bond motifs is 1. The van der Waals surface area contributed by atoms with Gasteiger partial charge in [-0.25, -0.2) is 0 Å². The minimum atomic E-state index is -0.167. The molecule has 23 heavy (non-hydrogen) atoms. The second kappa shape index (κ2) is 6.66. The minimum absolute atomic E-state index is 0.167. The summed E-state index contributed by atoms with van der Waals surface area (Å²) in [6.07, 6.45) is 0. The molecule has 0 spiro atoms. The molecule has 0 unspecified atom stereocenters. The molecular weight excluding hydrogens is 335 g/mol. The van der Waals surface area contributed by atoms with Crippen molar-refractivity contribution in [3.05, 3.63) is 68.4 Å². The Bertz CT molecular complexity index is 910. The first-order valence-corrected chi connectivity index (χ1v) is 7.76. The first-order valence-electron chi connectivity index (χ1n) is 7.00. The van der Waals surface area contributed by atoms with Crippen LogP contribution in [0.2, 0.25) is 10.0 Å². The Labute approximate surface area is 143 Å². The minimum Gasteiger partial charge on any atom is -0.283 e. The molecule has 7 heteroatoms. The Morgan fingerprint density at radius 1 is 1.13 bits per heavy atom. The lowest BCUT2D eigenvalue weighted by atomic mass is 10.2. The van der Waals surface area contributed by atoms with E-state index in [0.717, 1.165) is 5.56 Å². The number of aromatic nitrogens is 3. The second-order valence-corrected chi connectivity index (χ2v) is 6.06. The molecule has 2 aromatic carbocycles. The summed E-state index contributed by atoms with van der Waals surface area (Å²) in [6, 6.07) is 12.6. The highest BCUT2D eigenvalue weighted by atomic mass is 35.5. The van der Waals surface area contributed by atoms with E-state index in [-0.39, 0.29) is 5.56 Å². The third-order valence-corrected chi connectivity index (χ3v) is 4.33. The van der Waals surface area contributed by atoms with Crippen LogP contribution in [0.4, 0.5) is 0 Å². The maximum atomic E-state index is 12.4. The van der Waals surface area contributed by atoms with Crippen molar-refractivity contribution in [3.63, 3.8) is 0 Å². The van der Waals surface area contributed by atoms with Gasteiger partial charge in [-0.2, -0.15) is 4.68 Å². The van der Waals surface area contributed by atoms with Crippen molar-refractivity contribution in [2.24, 2.45) is 0 Å². The lowest BCUT2D eigenvalue weighted by molar-refractivity contribution is 0.236. The SMILES string of the molecule is CN(Cc1cccc(Cl)c1Cl)Cn1nnc2ccccc2c1=O. The summed E-state index contributed by atoms with van der Waals surface area (Å²) in [5, 5.41) is 9.65. The van der Waals surface area contributed by atoms with Crippen molar-refractivity contribution in [1.29, 1.82) is 0 Å². The first-order chi connectivity index (χ1) is 11.1. The summed E-state index contributed by atoms with van der Waals surface area (Å²) in [5.41, 5.74) is 1.32. The van der Waals surface area contributed by atoms with Crippen LogP contribution in [0.3, 0.4) is 0 Å². The van der Waals surface area contributed by atoms with Crippen molar-refractivity contribution in [3.8, 4) is 0 Å². The summed E-state index contributed by atoms with van der Waals surface area (Å²) in [7, 11) is 1.88. The third-order valence-electron chi connectivity index (χ3n) is 3.48. The van der Waals surface area contributed by atoms with E-state index >= 15 is 0 Å². The molecule has 1 aromatic heterocycles. The normalized spacial score (nSPS) is 11.3. The van der Waals surface area contributed by atoms with Crippen LogP contribution in [-0.4, -0.2) is 26.9 Å². The Kier molecular flexibility index (Phi) is 4.61. The van der Waals surface area contributed by atoms with E-state index < -0.39 is 0 Å². The molecule has 0 amide bonds. The van der Waals surface area contributed by atoms with Gasteiger partial charge < -0.3 is 0 Å². The number of hydrogen-bond acceptors (Lipinski definition) is 4. The van der Waals surface area contributed by atoms with E-state index in [0.29, 0.717) is 34.2 Å². The largest absolute Gasteiger partial charge is 0.283 e. The summed E-state index contributed by atoms with van der Waals surface area (Å²) in [5.74, 6) is 0. The van der Waals surface area contributed by atoms with Crippen LogP contribution >= 0.6 is 23.2 Å². The van der Waals surface area contributed by atoms with Crippen LogP contribution in [0.1, 0.15) is 5.56 Å². The topological polar surface area (TPSA) is 51.0 Å². The molecule has 3 rings (SSSR count). The van der Waals surface area contributed by atoms with Gasteiger partial charge in [0.2, 0.25) is 0 Å². The Morgan fingerprint density at radius 2 is 1.91 bits per heavy atom.